The van der Waals surface area contributed by atoms with E-state index in [0.717, 1.165) is 11.3 Å². The highest BCUT2D eigenvalue weighted by molar-refractivity contribution is 7.12. The molecule has 1 N–H and O–H groups in total. The molecule has 28 heavy (non-hydrogen) atoms. The fourth-order valence-corrected chi connectivity index (χ4v) is 3.48. The maximum absolute atomic E-state index is 12.6. The molecule has 2 aromatic carbocycles. The van der Waals surface area contributed by atoms with Crippen molar-refractivity contribution in [2.75, 3.05) is 11.9 Å². The zero-order valence-corrected chi connectivity index (χ0v) is 15.9. The molecule has 0 unspecified atom stereocenters. The summed E-state index contributed by atoms with van der Waals surface area (Å²) in [4.78, 5) is 25.4. The molecule has 0 fully saturated rings. The summed E-state index contributed by atoms with van der Waals surface area (Å²) >= 11 is 1.36. The number of nitrogens with one attached hydrogen (secondary N) is 1. The van der Waals surface area contributed by atoms with Crippen LogP contribution in [-0.4, -0.2) is 12.5 Å². The molecular formula is C22H17NO4S. The highest BCUT2D eigenvalue weighted by atomic mass is 32.1. The first-order valence-corrected chi connectivity index (χ1v) is 9.68. The molecule has 0 aliphatic carbocycles. The van der Waals surface area contributed by atoms with Crippen molar-refractivity contribution >= 4 is 33.9 Å². The molecule has 2 aromatic heterocycles. The van der Waals surface area contributed by atoms with Crippen LogP contribution in [0, 0.1) is 0 Å². The van der Waals surface area contributed by atoms with E-state index in [1.54, 1.807) is 24.3 Å². The summed E-state index contributed by atoms with van der Waals surface area (Å²) in [6.07, 6.45) is 0. The van der Waals surface area contributed by atoms with Gasteiger partial charge >= 0.3 is 0 Å². The van der Waals surface area contributed by atoms with E-state index in [-0.39, 0.29) is 11.3 Å². The number of anilines is 1. The van der Waals surface area contributed by atoms with Crippen molar-refractivity contribution in [2.45, 2.75) is 6.92 Å². The lowest BCUT2D eigenvalue weighted by atomic mass is 10.1. The van der Waals surface area contributed by atoms with Crippen LogP contribution in [0.5, 0.6) is 5.75 Å². The second-order valence-corrected chi connectivity index (χ2v) is 7.02. The van der Waals surface area contributed by atoms with Gasteiger partial charge in [0.15, 0.2) is 5.43 Å². The molecule has 1 amide bonds. The third-order valence-corrected chi connectivity index (χ3v) is 5.05. The van der Waals surface area contributed by atoms with E-state index in [0.29, 0.717) is 33.9 Å². The van der Waals surface area contributed by atoms with Crippen LogP contribution >= 0.6 is 11.3 Å². The van der Waals surface area contributed by atoms with Crippen LogP contribution in [0.1, 0.15) is 16.6 Å². The summed E-state index contributed by atoms with van der Waals surface area (Å²) in [5.74, 6) is 1.04. The van der Waals surface area contributed by atoms with Gasteiger partial charge in [-0.25, -0.2) is 0 Å². The summed E-state index contributed by atoms with van der Waals surface area (Å²) in [5.41, 5.74) is 1.63. The molecule has 0 aliphatic heterocycles. The number of amides is 1. The van der Waals surface area contributed by atoms with Gasteiger partial charge in [-0.1, -0.05) is 6.07 Å². The van der Waals surface area contributed by atoms with Gasteiger partial charge in [0.05, 0.1) is 16.9 Å². The number of thiophene rings is 1. The molecule has 0 spiro atoms. The summed E-state index contributed by atoms with van der Waals surface area (Å²) in [6.45, 7) is 2.52. The molecule has 0 radical (unpaired) electrons. The van der Waals surface area contributed by atoms with Gasteiger partial charge in [0.2, 0.25) is 0 Å². The molecule has 6 heteroatoms. The minimum Gasteiger partial charge on any atom is -0.494 e. The summed E-state index contributed by atoms with van der Waals surface area (Å²) in [5, 5.41) is 5.06. The number of hydrogen-bond donors (Lipinski definition) is 1. The van der Waals surface area contributed by atoms with Gasteiger partial charge in [0, 0.05) is 17.3 Å². The largest absolute Gasteiger partial charge is 0.494 e. The van der Waals surface area contributed by atoms with Crippen LogP contribution in [0.4, 0.5) is 5.69 Å². The predicted octanol–water partition coefficient (Wildman–Crippen LogP) is 5.17. The molecule has 5 nitrogen and oxygen atoms in total. The zero-order chi connectivity index (χ0) is 19.5. The van der Waals surface area contributed by atoms with Crippen molar-refractivity contribution in [2.24, 2.45) is 0 Å². The van der Waals surface area contributed by atoms with Gasteiger partial charge in [0.1, 0.15) is 17.1 Å². The second-order valence-electron chi connectivity index (χ2n) is 6.07. The van der Waals surface area contributed by atoms with Gasteiger partial charge in [0.25, 0.3) is 5.91 Å². The summed E-state index contributed by atoms with van der Waals surface area (Å²) in [6, 6.07) is 17.5. The molecule has 0 atom stereocenters. The predicted molar refractivity (Wildman–Crippen MR) is 111 cm³/mol. The lowest BCUT2D eigenvalue weighted by molar-refractivity contribution is 0.103. The Morgan fingerprint density at radius 2 is 1.93 bits per heavy atom. The van der Waals surface area contributed by atoms with Crippen LogP contribution in [0.15, 0.2) is 75.3 Å². The first-order valence-electron chi connectivity index (χ1n) is 8.80. The van der Waals surface area contributed by atoms with Crippen molar-refractivity contribution in [3.63, 3.8) is 0 Å². The lowest BCUT2D eigenvalue weighted by Gasteiger charge is -2.07. The van der Waals surface area contributed by atoms with Crippen molar-refractivity contribution in [1.29, 1.82) is 0 Å². The first-order chi connectivity index (χ1) is 13.6. The average molecular weight is 391 g/mol. The van der Waals surface area contributed by atoms with Crippen LogP contribution in [0.2, 0.25) is 0 Å². The minimum atomic E-state index is -0.204. The Labute approximate surface area is 165 Å². The van der Waals surface area contributed by atoms with E-state index in [9.17, 15) is 9.59 Å². The molecule has 0 bridgehead atoms. The van der Waals surface area contributed by atoms with Crippen molar-refractivity contribution < 1.29 is 13.9 Å². The molecule has 140 valence electrons. The third-order valence-electron chi connectivity index (χ3n) is 4.18. The monoisotopic (exact) mass is 391 g/mol. The number of benzene rings is 2. The maximum atomic E-state index is 12.6. The number of carbonyl (C=O) groups excluding carboxylic acids is 1. The maximum Gasteiger partial charge on any atom is 0.265 e. The first kappa shape index (κ1) is 18.0. The van der Waals surface area contributed by atoms with Gasteiger partial charge < -0.3 is 14.5 Å². The van der Waals surface area contributed by atoms with E-state index in [2.05, 4.69) is 5.32 Å². The fourth-order valence-electron chi connectivity index (χ4n) is 2.86. The topological polar surface area (TPSA) is 68.5 Å². The Morgan fingerprint density at radius 3 is 2.64 bits per heavy atom. The Kier molecular flexibility index (Phi) is 4.95. The zero-order valence-electron chi connectivity index (χ0n) is 15.1. The minimum absolute atomic E-state index is 0.169. The highest BCUT2D eigenvalue weighted by Crippen LogP contribution is 2.26. The van der Waals surface area contributed by atoms with Gasteiger partial charge in [-0.15, -0.1) is 11.3 Å². The number of fused-ring (bicyclic) bond motifs is 1. The molecule has 4 rings (SSSR count). The smallest absolute Gasteiger partial charge is 0.265 e. The fraction of sp³-hybridized carbons (Fsp3) is 0.0909. The normalized spacial score (nSPS) is 10.8. The number of carbonyl (C=O) groups is 1. The van der Waals surface area contributed by atoms with E-state index in [1.807, 2.05) is 42.6 Å². The Morgan fingerprint density at radius 1 is 1.11 bits per heavy atom. The van der Waals surface area contributed by atoms with Gasteiger partial charge in [-0.2, -0.15) is 0 Å². The van der Waals surface area contributed by atoms with E-state index >= 15 is 0 Å². The highest BCUT2D eigenvalue weighted by Gasteiger charge is 2.11. The summed E-state index contributed by atoms with van der Waals surface area (Å²) < 4.78 is 11.3. The van der Waals surface area contributed by atoms with Gasteiger partial charge in [-0.3, -0.25) is 9.59 Å². The second kappa shape index (κ2) is 7.70. The van der Waals surface area contributed by atoms with Crippen molar-refractivity contribution in [1.82, 2.24) is 0 Å². The standard InChI is InChI=1S/C22H17NO4S/c1-2-26-16-8-5-14(6-9-16)20-13-18(24)17-12-15(7-10-19(17)27-20)23-22(25)21-4-3-11-28-21/h3-13H,2H2,1H3,(H,23,25). The van der Waals surface area contributed by atoms with Gasteiger partial charge in [-0.05, 0) is 60.8 Å². The van der Waals surface area contributed by atoms with Crippen LogP contribution in [0.3, 0.4) is 0 Å². The molecule has 2 heterocycles. The van der Waals surface area contributed by atoms with E-state index in [4.69, 9.17) is 9.15 Å². The SMILES string of the molecule is CCOc1ccc(-c2cc(=O)c3cc(NC(=O)c4cccs4)ccc3o2)cc1. The third kappa shape index (κ3) is 3.68. The molecular weight excluding hydrogens is 374 g/mol. The van der Waals surface area contributed by atoms with E-state index < -0.39 is 0 Å². The Hall–Kier alpha value is -3.38. The van der Waals surface area contributed by atoms with Crippen LogP contribution < -0.4 is 15.5 Å². The summed E-state index contributed by atoms with van der Waals surface area (Å²) in [7, 11) is 0. The average Bonchev–Trinajstić information content (AvgIpc) is 3.24. The van der Waals surface area contributed by atoms with Crippen LogP contribution in [-0.2, 0) is 0 Å². The molecule has 0 aliphatic rings. The lowest BCUT2D eigenvalue weighted by Crippen LogP contribution is -2.10. The van der Waals surface area contributed by atoms with Crippen molar-refractivity contribution in [3.05, 3.63) is 81.1 Å². The number of rotatable bonds is 5. The number of hydrogen-bond acceptors (Lipinski definition) is 5. The van der Waals surface area contributed by atoms with Crippen LogP contribution in [0.25, 0.3) is 22.3 Å². The Bertz CT molecular complexity index is 1180. The Balaban J connectivity index is 1.64. The molecule has 0 saturated carbocycles. The van der Waals surface area contributed by atoms with E-state index in [1.165, 1.54) is 17.4 Å². The molecule has 4 aromatic rings. The van der Waals surface area contributed by atoms with Crippen molar-refractivity contribution in [3.8, 4) is 17.1 Å². The quantitative estimate of drug-likeness (QED) is 0.509. The molecule has 0 saturated heterocycles. The number of ether oxygens (including phenoxy) is 1.